The Morgan fingerprint density at radius 2 is 1.81 bits per heavy atom. The van der Waals surface area contributed by atoms with E-state index in [1.54, 1.807) is 6.07 Å². The second kappa shape index (κ2) is 6.71. The number of carbonyl (C=O) groups excluding carboxylic acids is 1. The minimum atomic E-state index is -4.34. The van der Waals surface area contributed by atoms with Crippen LogP contribution < -0.4 is 10.2 Å². The van der Waals surface area contributed by atoms with E-state index < -0.39 is 23.9 Å². The monoisotopic (exact) mass is 432 g/mol. The summed E-state index contributed by atoms with van der Waals surface area (Å²) in [5.74, 6) is -0.499. The Bertz CT molecular complexity index is 1050. The third-order valence-corrected chi connectivity index (χ3v) is 7.22. The van der Waals surface area contributed by atoms with E-state index in [0.29, 0.717) is 11.6 Å². The number of nitrogens with one attached hydrogen (secondary N) is 1. The highest BCUT2D eigenvalue weighted by molar-refractivity contribution is 5.93. The van der Waals surface area contributed by atoms with Gasteiger partial charge in [0.1, 0.15) is 5.82 Å². The number of amides is 1. The van der Waals surface area contributed by atoms with Crippen LogP contribution >= 0.6 is 0 Å². The molecule has 1 saturated carbocycles. The standard InChI is InChI=1S/C24H24F4N2O/c1-13-7-17(30-12-15-9-20(30)18-4-3-16(25)10-19(15)18)8-14(2)22(13)29-21(31)11-23(5-6-23)24(26,27)28/h3-4,7-8,10,15,20H,5-6,9,11-12H2,1-2H3,(H,29,31). The van der Waals surface area contributed by atoms with Gasteiger partial charge in [-0.1, -0.05) is 6.07 Å². The number of rotatable bonds is 4. The molecule has 3 nitrogen and oxygen atoms in total. The first-order valence-electron chi connectivity index (χ1n) is 10.6. The van der Waals surface area contributed by atoms with Crippen molar-refractivity contribution in [3.63, 3.8) is 0 Å². The molecule has 2 aromatic carbocycles. The van der Waals surface area contributed by atoms with Gasteiger partial charge in [-0.15, -0.1) is 0 Å². The summed E-state index contributed by atoms with van der Waals surface area (Å²) in [5.41, 5.74) is 3.65. The van der Waals surface area contributed by atoms with Crippen molar-refractivity contribution < 1.29 is 22.4 Å². The molecule has 1 amide bonds. The first-order valence-corrected chi connectivity index (χ1v) is 10.6. The number of carbonyl (C=O) groups is 1. The predicted molar refractivity (Wildman–Crippen MR) is 111 cm³/mol. The van der Waals surface area contributed by atoms with Crippen LogP contribution in [0.3, 0.4) is 0 Å². The lowest BCUT2D eigenvalue weighted by atomic mass is 9.97. The van der Waals surface area contributed by atoms with E-state index in [9.17, 15) is 22.4 Å². The summed E-state index contributed by atoms with van der Waals surface area (Å²) in [6.45, 7) is 4.53. The lowest BCUT2D eigenvalue weighted by Gasteiger charge is -2.32. The maximum absolute atomic E-state index is 13.6. The Morgan fingerprint density at radius 3 is 2.42 bits per heavy atom. The maximum Gasteiger partial charge on any atom is 0.395 e. The van der Waals surface area contributed by atoms with E-state index in [0.717, 1.165) is 40.9 Å². The summed E-state index contributed by atoms with van der Waals surface area (Å²) in [4.78, 5) is 14.7. The molecule has 1 aliphatic heterocycles. The van der Waals surface area contributed by atoms with Gasteiger partial charge in [0, 0.05) is 30.3 Å². The fraction of sp³-hybridized carbons (Fsp3) is 0.458. The molecule has 0 aromatic heterocycles. The minimum Gasteiger partial charge on any atom is -0.364 e. The summed E-state index contributed by atoms with van der Waals surface area (Å²) in [6, 6.07) is 9.15. The molecule has 0 radical (unpaired) electrons. The number of aryl methyl sites for hydroxylation is 2. The Labute approximate surface area is 178 Å². The molecule has 3 aliphatic rings. The molecule has 2 aromatic rings. The average molecular weight is 432 g/mol. The number of halogens is 4. The Morgan fingerprint density at radius 1 is 1.13 bits per heavy atom. The van der Waals surface area contributed by atoms with Gasteiger partial charge in [0.15, 0.2) is 0 Å². The van der Waals surface area contributed by atoms with Crippen LogP contribution in [-0.2, 0) is 4.79 Å². The van der Waals surface area contributed by atoms with Crippen LogP contribution in [0.4, 0.5) is 28.9 Å². The van der Waals surface area contributed by atoms with E-state index in [1.165, 1.54) is 6.07 Å². The topological polar surface area (TPSA) is 32.3 Å². The van der Waals surface area contributed by atoms with Crippen molar-refractivity contribution in [2.24, 2.45) is 5.41 Å². The quantitative estimate of drug-likeness (QED) is 0.587. The van der Waals surface area contributed by atoms with Crippen LogP contribution in [0.2, 0.25) is 0 Å². The van der Waals surface area contributed by atoms with E-state index in [4.69, 9.17) is 0 Å². The summed E-state index contributed by atoms with van der Waals surface area (Å²) in [5, 5.41) is 2.72. The molecule has 2 fully saturated rings. The summed E-state index contributed by atoms with van der Waals surface area (Å²) < 4.78 is 53.1. The second-order valence-electron chi connectivity index (χ2n) is 9.33. The highest BCUT2D eigenvalue weighted by atomic mass is 19.4. The fourth-order valence-corrected chi connectivity index (χ4v) is 5.35. The van der Waals surface area contributed by atoms with Gasteiger partial charge in [0.2, 0.25) is 5.91 Å². The summed E-state index contributed by atoms with van der Waals surface area (Å²) in [7, 11) is 0. The van der Waals surface area contributed by atoms with Crippen LogP contribution in [0.15, 0.2) is 30.3 Å². The number of nitrogens with zero attached hydrogens (tertiary/aromatic N) is 1. The molecule has 2 bridgehead atoms. The molecule has 1 N–H and O–H groups in total. The van der Waals surface area contributed by atoms with Crippen molar-refractivity contribution in [3.05, 3.63) is 58.4 Å². The normalized spacial score (nSPS) is 23.1. The van der Waals surface area contributed by atoms with E-state index in [-0.39, 0.29) is 24.7 Å². The van der Waals surface area contributed by atoms with Crippen molar-refractivity contribution in [1.29, 1.82) is 0 Å². The third kappa shape index (κ3) is 3.29. The van der Waals surface area contributed by atoms with Gasteiger partial charge in [-0.3, -0.25) is 4.79 Å². The van der Waals surface area contributed by atoms with Gasteiger partial charge in [-0.2, -0.15) is 13.2 Å². The Balaban J connectivity index is 1.35. The average Bonchev–Trinajstić information content (AvgIpc) is 3.23. The van der Waals surface area contributed by atoms with Gasteiger partial charge in [0.25, 0.3) is 0 Å². The molecule has 0 spiro atoms. The number of alkyl halides is 3. The van der Waals surface area contributed by atoms with Crippen LogP contribution in [0.25, 0.3) is 0 Å². The molecular formula is C24H24F4N2O. The number of hydrogen-bond donors (Lipinski definition) is 1. The molecule has 7 heteroatoms. The van der Waals surface area contributed by atoms with E-state index >= 15 is 0 Å². The second-order valence-corrected chi connectivity index (χ2v) is 9.33. The zero-order valence-electron chi connectivity index (χ0n) is 17.4. The van der Waals surface area contributed by atoms with Gasteiger partial charge >= 0.3 is 6.18 Å². The lowest BCUT2D eigenvalue weighted by molar-refractivity contribution is -0.189. The van der Waals surface area contributed by atoms with Gasteiger partial charge in [-0.05, 0) is 79.6 Å². The molecular weight excluding hydrogens is 408 g/mol. The number of hydrogen-bond acceptors (Lipinski definition) is 2. The molecule has 164 valence electrons. The summed E-state index contributed by atoms with van der Waals surface area (Å²) in [6.07, 6.45) is -3.88. The van der Waals surface area contributed by atoms with Gasteiger partial charge in [-0.25, -0.2) is 4.39 Å². The highest BCUT2D eigenvalue weighted by Crippen LogP contribution is 2.60. The number of fused-ring (bicyclic) bond motifs is 5. The Kier molecular flexibility index (Phi) is 4.40. The maximum atomic E-state index is 13.6. The molecule has 2 unspecified atom stereocenters. The van der Waals surface area contributed by atoms with Crippen molar-refractivity contribution >= 4 is 17.3 Å². The van der Waals surface area contributed by atoms with Crippen LogP contribution in [-0.4, -0.2) is 18.6 Å². The Hall–Kier alpha value is -2.57. The van der Waals surface area contributed by atoms with Gasteiger partial charge < -0.3 is 10.2 Å². The third-order valence-electron chi connectivity index (χ3n) is 7.22. The van der Waals surface area contributed by atoms with Crippen molar-refractivity contribution in [3.8, 4) is 0 Å². The largest absolute Gasteiger partial charge is 0.395 e. The molecule has 31 heavy (non-hydrogen) atoms. The lowest BCUT2D eigenvalue weighted by Crippen LogP contribution is -2.30. The van der Waals surface area contributed by atoms with Crippen molar-refractivity contribution in [2.45, 2.75) is 57.7 Å². The first-order chi connectivity index (χ1) is 14.6. The van der Waals surface area contributed by atoms with E-state index in [2.05, 4.69) is 10.2 Å². The fourth-order valence-electron chi connectivity index (χ4n) is 5.35. The van der Waals surface area contributed by atoms with Gasteiger partial charge in [0.05, 0.1) is 11.5 Å². The number of benzene rings is 2. The zero-order chi connectivity index (χ0) is 22.1. The predicted octanol–water partition coefficient (Wildman–Crippen LogP) is 6.16. The SMILES string of the molecule is Cc1cc(N2CC3CC2c2ccc(F)cc23)cc(C)c1NC(=O)CC1(C(F)(F)F)CC1. The molecule has 2 atom stereocenters. The molecule has 1 saturated heterocycles. The molecule has 5 rings (SSSR count). The van der Waals surface area contributed by atoms with Crippen LogP contribution in [0, 0.1) is 25.1 Å². The summed E-state index contributed by atoms with van der Waals surface area (Å²) >= 11 is 0. The highest BCUT2D eigenvalue weighted by Gasteiger charge is 2.63. The van der Waals surface area contributed by atoms with Crippen LogP contribution in [0.1, 0.15) is 59.9 Å². The van der Waals surface area contributed by atoms with Crippen LogP contribution in [0.5, 0.6) is 0 Å². The molecule has 1 heterocycles. The van der Waals surface area contributed by atoms with Crippen molar-refractivity contribution in [2.75, 3.05) is 16.8 Å². The first kappa shape index (κ1) is 20.3. The zero-order valence-corrected chi connectivity index (χ0v) is 17.4. The number of anilines is 2. The minimum absolute atomic E-state index is 0.0176. The molecule has 2 aliphatic carbocycles. The smallest absolute Gasteiger partial charge is 0.364 e. The van der Waals surface area contributed by atoms with Crippen molar-refractivity contribution in [1.82, 2.24) is 0 Å². The van der Waals surface area contributed by atoms with E-state index in [1.807, 2.05) is 32.0 Å².